The van der Waals surface area contributed by atoms with Gasteiger partial charge in [-0.25, -0.2) is 8.78 Å². The third-order valence-corrected chi connectivity index (χ3v) is 4.14. The number of hydrogen-bond acceptors (Lipinski definition) is 3. The molecule has 2 heterocycles. The normalized spacial score (nSPS) is 20.4. The molecule has 1 aromatic carbocycles. The molecule has 8 heteroatoms. The number of aromatic nitrogens is 2. The van der Waals surface area contributed by atoms with Gasteiger partial charge in [-0.1, -0.05) is 30.3 Å². The number of nitrogens with one attached hydrogen (secondary N) is 2. The molecule has 0 radical (unpaired) electrons. The van der Waals surface area contributed by atoms with Gasteiger partial charge in [-0.2, -0.15) is 5.10 Å². The third-order valence-electron chi connectivity index (χ3n) is 4.14. The molecule has 6 nitrogen and oxygen atoms in total. The van der Waals surface area contributed by atoms with Crippen molar-refractivity contribution in [2.75, 3.05) is 0 Å². The minimum Gasteiger partial charge on any atom is -0.347 e. The summed E-state index contributed by atoms with van der Waals surface area (Å²) in [5, 5.41) is 9.49. The Morgan fingerprint density at radius 3 is 2.80 bits per heavy atom. The first-order valence-electron chi connectivity index (χ1n) is 7.99. The second-order valence-electron chi connectivity index (χ2n) is 5.86. The molecule has 1 fully saturated rings. The predicted octanol–water partition coefficient (Wildman–Crippen LogP) is 1.90. The average Bonchev–Trinajstić information content (AvgIpc) is 3.04. The summed E-state index contributed by atoms with van der Waals surface area (Å²) in [5.41, 5.74) is 0.950. The van der Waals surface area contributed by atoms with Crippen molar-refractivity contribution in [3.63, 3.8) is 0 Å². The minimum absolute atomic E-state index is 0.0732. The summed E-state index contributed by atoms with van der Waals surface area (Å²) in [4.78, 5) is 24.3. The molecule has 0 aliphatic carbocycles. The summed E-state index contributed by atoms with van der Waals surface area (Å²) in [5.74, 6) is -0.567. The van der Waals surface area contributed by atoms with Crippen LogP contribution >= 0.6 is 0 Å². The smallest absolute Gasteiger partial charge is 0.269 e. The van der Waals surface area contributed by atoms with Crippen LogP contribution in [0.2, 0.25) is 0 Å². The molecule has 0 spiro atoms. The van der Waals surface area contributed by atoms with E-state index in [1.165, 1.54) is 12.3 Å². The zero-order valence-electron chi connectivity index (χ0n) is 13.4. The summed E-state index contributed by atoms with van der Waals surface area (Å²) in [6.07, 6.45) is -0.517. The maximum Gasteiger partial charge on any atom is 0.269 e. The lowest BCUT2D eigenvalue weighted by molar-refractivity contribution is -0.123. The number of carbonyl (C=O) groups excluding carboxylic acids is 2. The highest BCUT2D eigenvalue weighted by Crippen LogP contribution is 2.24. The van der Waals surface area contributed by atoms with Crippen LogP contribution in [0.5, 0.6) is 0 Å². The fourth-order valence-electron chi connectivity index (χ4n) is 2.98. The van der Waals surface area contributed by atoms with Gasteiger partial charge in [-0.15, -0.1) is 0 Å². The zero-order chi connectivity index (χ0) is 17.8. The van der Waals surface area contributed by atoms with Gasteiger partial charge in [0.2, 0.25) is 5.91 Å². The van der Waals surface area contributed by atoms with Crippen molar-refractivity contribution in [2.24, 2.45) is 0 Å². The van der Waals surface area contributed by atoms with Crippen LogP contribution in [0.4, 0.5) is 8.78 Å². The molecule has 1 aliphatic heterocycles. The van der Waals surface area contributed by atoms with Crippen molar-refractivity contribution in [1.82, 2.24) is 20.4 Å². The van der Waals surface area contributed by atoms with E-state index < -0.39 is 18.9 Å². The molecule has 132 valence electrons. The number of amides is 2. The van der Waals surface area contributed by atoms with E-state index in [9.17, 15) is 18.4 Å². The molecule has 0 bridgehead atoms. The number of rotatable bonds is 5. The molecular formula is C17H18F2N4O2. The van der Waals surface area contributed by atoms with Crippen LogP contribution < -0.4 is 10.6 Å². The van der Waals surface area contributed by atoms with E-state index in [1.807, 2.05) is 30.3 Å². The van der Waals surface area contributed by atoms with Crippen LogP contribution in [0, 0.1) is 0 Å². The van der Waals surface area contributed by atoms with E-state index >= 15 is 0 Å². The molecule has 25 heavy (non-hydrogen) atoms. The Kier molecular flexibility index (Phi) is 5.06. The summed E-state index contributed by atoms with van der Waals surface area (Å²) >= 11 is 0. The number of nitrogens with zero attached hydrogens (tertiary/aromatic N) is 2. The lowest BCUT2D eigenvalue weighted by Crippen LogP contribution is -2.50. The van der Waals surface area contributed by atoms with Gasteiger partial charge in [0.15, 0.2) is 0 Å². The van der Waals surface area contributed by atoms with Gasteiger partial charge in [-0.05, 0) is 18.1 Å². The molecule has 2 amide bonds. The van der Waals surface area contributed by atoms with E-state index in [0.29, 0.717) is 12.8 Å². The van der Waals surface area contributed by atoms with Crippen molar-refractivity contribution >= 4 is 11.8 Å². The maximum atomic E-state index is 12.6. The first-order valence-corrected chi connectivity index (χ1v) is 7.99. The minimum atomic E-state index is -2.60. The molecule has 2 N–H and O–H groups in total. The molecular weight excluding hydrogens is 330 g/mol. The van der Waals surface area contributed by atoms with E-state index in [4.69, 9.17) is 0 Å². The number of carbonyl (C=O) groups is 2. The fourth-order valence-corrected chi connectivity index (χ4v) is 2.98. The van der Waals surface area contributed by atoms with Crippen LogP contribution in [0.3, 0.4) is 0 Å². The maximum absolute atomic E-state index is 12.6. The van der Waals surface area contributed by atoms with Gasteiger partial charge in [0.25, 0.3) is 12.3 Å². The topological polar surface area (TPSA) is 76.0 Å². The first kappa shape index (κ1) is 17.1. The number of alkyl halides is 2. The Balaban J connectivity index is 1.77. The zero-order valence-corrected chi connectivity index (χ0v) is 13.4. The highest BCUT2D eigenvalue weighted by Gasteiger charge is 2.31. The summed E-state index contributed by atoms with van der Waals surface area (Å²) in [6, 6.07) is 10.0. The Bertz CT molecular complexity index is 748. The number of piperidine rings is 1. The third kappa shape index (κ3) is 4.01. The average molecular weight is 348 g/mol. The van der Waals surface area contributed by atoms with E-state index in [0.717, 1.165) is 10.2 Å². The molecule has 3 rings (SSSR count). The highest BCUT2D eigenvalue weighted by atomic mass is 19.3. The first-order chi connectivity index (χ1) is 12.0. The molecule has 1 saturated heterocycles. The van der Waals surface area contributed by atoms with E-state index in [1.54, 1.807) is 0 Å². The molecule has 1 aromatic heterocycles. The molecule has 0 unspecified atom stereocenters. The van der Waals surface area contributed by atoms with Crippen LogP contribution in [-0.2, 0) is 11.3 Å². The largest absolute Gasteiger partial charge is 0.347 e. The van der Waals surface area contributed by atoms with Crippen molar-refractivity contribution in [2.45, 2.75) is 37.9 Å². The standard InChI is InChI=1S/C17H18F2N4O2/c18-14(19)10-23-13(8-9-20-23)17(25)21-12-6-7-15(24)22-16(12)11-4-2-1-3-5-11/h1-5,8-9,12,14,16H,6-7,10H2,(H,21,25)(H,22,24)/t12-,16+/m1/s1. The summed E-state index contributed by atoms with van der Waals surface area (Å²) < 4.78 is 26.2. The quantitative estimate of drug-likeness (QED) is 0.866. The monoisotopic (exact) mass is 348 g/mol. The SMILES string of the molecule is O=C1CC[C@@H](NC(=O)c2ccnn2CC(F)F)[C@H](c2ccccc2)N1. The Hall–Kier alpha value is -2.77. The second kappa shape index (κ2) is 7.42. The number of benzene rings is 1. The van der Waals surface area contributed by atoms with Crippen LogP contribution in [-0.4, -0.2) is 34.1 Å². The lowest BCUT2D eigenvalue weighted by atomic mass is 9.92. The number of hydrogen-bond donors (Lipinski definition) is 2. The Morgan fingerprint density at radius 2 is 2.08 bits per heavy atom. The Labute approximate surface area is 143 Å². The second-order valence-corrected chi connectivity index (χ2v) is 5.86. The van der Waals surface area contributed by atoms with Crippen molar-refractivity contribution in [3.05, 3.63) is 53.9 Å². The number of halogens is 2. The van der Waals surface area contributed by atoms with Crippen LogP contribution in [0.1, 0.15) is 34.9 Å². The van der Waals surface area contributed by atoms with Gasteiger partial charge in [0.1, 0.15) is 12.2 Å². The van der Waals surface area contributed by atoms with Crippen LogP contribution in [0.25, 0.3) is 0 Å². The van der Waals surface area contributed by atoms with Crippen molar-refractivity contribution in [3.8, 4) is 0 Å². The van der Waals surface area contributed by atoms with Gasteiger partial charge < -0.3 is 10.6 Å². The fraction of sp³-hybridized carbons (Fsp3) is 0.353. The van der Waals surface area contributed by atoms with Crippen LogP contribution in [0.15, 0.2) is 42.6 Å². The van der Waals surface area contributed by atoms with Gasteiger partial charge in [-0.3, -0.25) is 14.3 Å². The highest BCUT2D eigenvalue weighted by molar-refractivity contribution is 5.93. The van der Waals surface area contributed by atoms with Gasteiger partial charge >= 0.3 is 0 Å². The summed E-state index contributed by atoms with van der Waals surface area (Å²) in [6.45, 7) is -0.640. The Morgan fingerprint density at radius 1 is 1.32 bits per heavy atom. The van der Waals surface area contributed by atoms with E-state index in [-0.39, 0.29) is 23.7 Å². The van der Waals surface area contributed by atoms with Gasteiger partial charge in [0, 0.05) is 12.6 Å². The molecule has 2 atom stereocenters. The van der Waals surface area contributed by atoms with Crippen molar-refractivity contribution < 1.29 is 18.4 Å². The van der Waals surface area contributed by atoms with Gasteiger partial charge in [0.05, 0.1) is 12.1 Å². The van der Waals surface area contributed by atoms with Crippen molar-refractivity contribution in [1.29, 1.82) is 0 Å². The molecule has 0 saturated carbocycles. The molecule has 2 aromatic rings. The molecule has 1 aliphatic rings. The summed E-state index contributed by atoms with van der Waals surface area (Å²) in [7, 11) is 0. The van der Waals surface area contributed by atoms with E-state index in [2.05, 4.69) is 15.7 Å². The predicted molar refractivity (Wildman–Crippen MR) is 86.0 cm³/mol. The lowest BCUT2D eigenvalue weighted by Gasteiger charge is -2.33.